The number of halogens is 1. The molecule has 1 heterocycles. The van der Waals surface area contributed by atoms with Crippen LogP contribution < -0.4 is 5.32 Å². The Morgan fingerprint density at radius 3 is 2.45 bits per heavy atom. The molecule has 6 heteroatoms. The number of allylic oxidation sites excluding steroid dienone is 3. The fourth-order valence-corrected chi connectivity index (χ4v) is 4.67. The maximum atomic E-state index is 13.7. The highest BCUT2D eigenvalue weighted by Gasteiger charge is 2.41. The molecule has 5 nitrogen and oxygen atoms in total. The van der Waals surface area contributed by atoms with E-state index in [0.29, 0.717) is 48.5 Å². The van der Waals surface area contributed by atoms with Crippen LogP contribution in [-0.2, 0) is 19.1 Å². The van der Waals surface area contributed by atoms with Gasteiger partial charge in [-0.05, 0) is 49.4 Å². The molecule has 1 aliphatic carbocycles. The molecule has 0 aromatic heterocycles. The predicted molar refractivity (Wildman–Crippen MR) is 123 cm³/mol. The minimum absolute atomic E-state index is 0.0148. The van der Waals surface area contributed by atoms with Gasteiger partial charge in [-0.3, -0.25) is 4.79 Å². The van der Waals surface area contributed by atoms with Gasteiger partial charge in [-0.1, -0.05) is 42.5 Å². The van der Waals surface area contributed by atoms with E-state index in [-0.39, 0.29) is 24.1 Å². The van der Waals surface area contributed by atoms with Crippen molar-refractivity contribution in [3.63, 3.8) is 0 Å². The van der Waals surface area contributed by atoms with Crippen molar-refractivity contribution in [2.45, 2.75) is 38.5 Å². The van der Waals surface area contributed by atoms with Gasteiger partial charge < -0.3 is 14.8 Å². The molecule has 0 radical (unpaired) electrons. The van der Waals surface area contributed by atoms with Gasteiger partial charge in [-0.2, -0.15) is 0 Å². The fourth-order valence-electron chi connectivity index (χ4n) is 4.67. The average molecular weight is 450 g/mol. The van der Waals surface area contributed by atoms with Crippen molar-refractivity contribution in [1.82, 2.24) is 5.32 Å². The maximum Gasteiger partial charge on any atom is 0.336 e. The Hall–Kier alpha value is -3.25. The van der Waals surface area contributed by atoms with Crippen molar-refractivity contribution >= 4 is 11.8 Å². The Kier molecular flexibility index (Phi) is 7.04. The normalized spacial score (nSPS) is 20.4. The van der Waals surface area contributed by atoms with E-state index < -0.39 is 11.9 Å². The van der Waals surface area contributed by atoms with Crippen LogP contribution in [0.2, 0.25) is 0 Å². The Morgan fingerprint density at radius 1 is 1.03 bits per heavy atom. The predicted octanol–water partition coefficient (Wildman–Crippen LogP) is 4.77. The van der Waals surface area contributed by atoms with Gasteiger partial charge in [0.05, 0.1) is 12.2 Å². The third kappa shape index (κ3) is 4.91. The van der Waals surface area contributed by atoms with Gasteiger partial charge in [0.15, 0.2) is 5.78 Å². The molecule has 2 aliphatic rings. The fraction of sp³-hybridized carbons (Fsp3) is 0.333. The number of hydrogen-bond acceptors (Lipinski definition) is 5. The van der Waals surface area contributed by atoms with E-state index in [2.05, 4.69) is 5.32 Å². The number of Topliss-reactive ketones (excluding diaryl/α,β-unsaturated/α-hetero) is 1. The van der Waals surface area contributed by atoms with Gasteiger partial charge in [0.2, 0.25) is 0 Å². The Labute approximate surface area is 193 Å². The molecule has 0 saturated heterocycles. The Balaban J connectivity index is 1.70. The molecule has 0 fully saturated rings. The van der Waals surface area contributed by atoms with E-state index in [1.807, 2.05) is 44.2 Å². The van der Waals surface area contributed by atoms with Gasteiger partial charge in [-0.25, -0.2) is 9.18 Å². The van der Waals surface area contributed by atoms with Gasteiger partial charge in [-0.15, -0.1) is 0 Å². The van der Waals surface area contributed by atoms with Crippen molar-refractivity contribution < 1.29 is 23.5 Å². The second-order valence-electron chi connectivity index (χ2n) is 8.31. The van der Waals surface area contributed by atoms with Gasteiger partial charge in [0.25, 0.3) is 0 Å². The summed E-state index contributed by atoms with van der Waals surface area (Å²) >= 11 is 0. The van der Waals surface area contributed by atoms with Crippen molar-refractivity contribution in [3.8, 4) is 0 Å². The number of hydrogen-bond donors (Lipinski definition) is 1. The molecule has 1 aliphatic heterocycles. The molecular weight excluding hydrogens is 421 g/mol. The first-order valence-electron chi connectivity index (χ1n) is 11.3. The Bertz CT molecular complexity index is 1090. The number of ketones is 1. The van der Waals surface area contributed by atoms with E-state index in [4.69, 9.17) is 9.47 Å². The molecule has 0 saturated carbocycles. The summed E-state index contributed by atoms with van der Waals surface area (Å²) in [6.07, 6.45) is 1.01. The number of rotatable bonds is 7. The second-order valence-corrected chi connectivity index (χ2v) is 8.31. The minimum atomic E-state index is -0.606. The number of carbonyl (C=O) groups is 2. The summed E-state index contributed by atoms with van der Waals surface area (Å²) in [5.74, 6) is -1.43. The van der Waals surface area contributed by atoms with E-state index >= 15 is 0 Å². The zero-order valence-electron chi connectivity index (χ0n) is 18.9. The Morgan fingerprint density at radius 2 is 1.76 bits per heavy atom. The second kappa shape index (κ2) is 10.1. The highest BCUT2D eigenvalue weighted by atomic mass is 19.1. The summed E-state index contributed by atoms with van der Waals surface area (Å²) in [5, 5.41) is 3.32. The lowest BCUT2D eigenvalue weighted by molar-refractivity contribution is -0.140. The molecule has 2 aromatic carbocycles. The molecule has 33 heavy (non-hydrogen) atoms. The van der Waals surface area contributed by atoms with E-state index in [1.165, 1.54) is 12.1 Å². The van der Waals surface area contributed by atoms with Gasteiger partial charge >= 0.3 is 5.97 Å². The topological polar surface area (TPSA) is 64.6 Å². The van der Waals surface area contributed by atoms with Crippen LogP contribution in [0.4, 0.5) is 4.39 Å². The van der Waals surface area contributed by atoms with Crippen LogP contribution in [0.25, 0.3) is 0 Å². The molecule has 1 N–H and O–H groups in total. The summed E-state index contributed by atoms with van der Waals surface area (Å²) < 4.78 is 24.4. The van der Waals surface area contributed by atoms with Crippen LogP contribution in [0.15, 0.2) is 77.1 Å². The molecule has 0 unspecified atom stereocenters. The summed E-state index contributed by atoms with van der Waals surface area (Å²) in [7, 11) is 0. The number of nitrogens with one attached hydrogen (secondary N) is 1. The summed E-state index contributed by atoms with van der Waals surface area (Å²) in [5.41, 5.74) is 4.21. The molecule has 2 aromatic rings. The van der Waals surface area contributed by atoms with Crippen LogP contribution in [0.1, 0.15) is 49.7 Å². The first-order valence-corrected chi connectivity index (χ1v) is 11.3. The smallest absolute Gasteiger partial charge is 0.336 e. The van der Waals surface area contributed by atoms with E-state index in [1.54, 1.807) is 12.1 Å². The van der Waals surface area contributed by atoms with Crippen LogP contribution >= 0.6 is 0 Å². The first kappa shape index (κ1) is 22.9. The van der Waals surface area contributed by atoms with Gasteiger partial charge in [0, 0.05) is 35.9 Å². The van der Waals surface area contributed by atoms with Crippen LogP contribution in [0.5, 0.6) is 0 Å². The molecule has 4 rings (SSSR count). The zero-order chi connectivity index (χ0) is 23.4. The van der Waals surface area contributed by atoms with Crippen LogP contribution in [0.3, 0.4) is 0 Å². The summed E-state index contributed by atoms with van der Waals surface area (Å²) in [4.78, 5) is 26.6. The molecule has 172 valence electrons. The number of dihydropyridines is 1. The quantitative estimate of drug-likeness (QED) is 0.487. The molecule has 0 bridgehead atoms. The van der Waals surface area contributed by atoms with Crippen molar-refractivity contribution in [1.29, 1.82) is 0 Å². The molecular formula is C27H28FNO4. The highest BCUT2D eigenvalue weighted by molar-refractivity contribution is 6.04. The lowest BCUT2D eigenvalue weighted by Crippen LogP contribution is -2.36. The zero-order valence-corrected chi connectivity index (χ0v) is 18.9. The van der Waals surface area contributed by atoms with E-state index in [9.17, 15) is 14.0 Å². The maximum absolute atomic E-state index is 13.7. The summed E-state index contributed by atoms with van der Waals surface area (Å²) in [6, 6.07) is 15.9. The van der Waals surface area contributed by atoms with Crippen molar-refractivity contribution in [2.24, 2.45) is 0 Å². The molecule has 2 atom stereocenters. The monoisotopic (exact) mass is 449 g/mol. The third-order valence-corrected chi connectivity index (χ3v) is 6.19. The number of benzene rings is 2. The lowest BCUT2D eigenvalue weighted by atomic mass is 9.72. The first-order chi connectivity index (χ1) is 16.0. The molecule has 0 spiro atoms. The number of carbonyl (C=O) groups excluding carboxylic acids is 2. The van der Waals surface area contributed by atoms with Crippen LogP contribution in [-0.4, -0.2) is 31.6 Å². The number of ether oxygens (including phenoxy) is 2. The van der Waals surface area contributed by atoms with Crippen LogP contribution in [0, 0.1) is 5.82 Å². The van der Waals surface area contributed by atoms with Crippen molar-refractivity contribution in [2.75, 3.05) is 19.8 Å². The SMILES string of the molecule is CCOCCOC(=O)C1=C(C)NC2=C(C(=O)C[C@H](c3ccccc3)C2)[C@@H]1c1ccc(F)cc1. The number of esters is 1. The standard InChI is InChI=1S/C27H28FNO4/c1-3-32-13-14-33-27(31)24-17(2)29-22-15-20(18-7-5-4-6-8-18)16-23(30)26(22)25(24)19-9-11-21(28)12-10-19/h4-12,20,25,29H,3,13-16H2,1-2H3/t20-,25-/m1/s1. The molecule has 0 amide bonds. The highest BCUT2D eigenvalue weighted by Crippen LogP contribution is 2.45. The van der Waals surface area contributed by atoms with E-state index in [0.717, 1.165) is 11.3 Å². The largest absolute Gasteiger partial charge is 0.460 e. The lowest BCUT2D eigenvalue weighted by Gasteiger charge is -2.36. The minimum Gasteiger partial charge on any atom is -0.460 e. The van der Waals surface area contributed by atoms with Gasteiger partial charge in [0.1, 0.15) is 12.4 Å². The average Bonchev–Trinajstić information content (AvgIpc) is 2.82. The third-order valence-electron chi connectivity index (χ3n) is 6.19. The van der Waals surface area contributed by atoms with Crippen molar-refractivity contribution in [3.05, 3.63) is 94.1 Å². The summed E-state index contributed by atoms with van der Waals surface area (Å²) in [6.45, 7) is 4.64.